The van der Waals surface area contributed by atoms with Crippen LogP contribution in [0.3, 0.4) is 0 Å². The molecule has 4 amide bonds. The summed E-state index contributed by atoms with van der Waals surface area (Å²) in [5.41, 5.74) is 2.68. The molecule has 0 radical (unpaired) electrons. The molecule has 11 nitrogen and oxygen atoms in total. The monoisotopic (exact) mass is 656 g/mol. The molecule has 2 N–H and O–H groups in total. The number of anilines is 1. The van der Waals surface area contributed by atoms with Crippen LogP contribution >= 0.6 is 22.6 Å². The summed E-state index contributed by atoms with van der Waals surface area (Å²) >= 11 is 2.06. The number of aryl methyl sites for hydroxylation is 1. The third kappa shape index (κ3) is 6.94. The molecule has 1 aliphatic heterocycles. The minimum Gasteiger partial charge on any atom is -0.490 e. The van der Waals surface area contributed by atoms with Crippen molar-refractivity contribution in [1.29, 1.82) is 0 Å². The number of benzene rings is 3. The minimum absolute atomic E-state index is 0.0110. The van der Waals surface area contributed by atoms with Gasteiger partial charge >= 0.3 is 6.03 Å². The largest absolute Gasteiger partial charge is 0.490 e. The van der Waals surface area contributed by atoms with E-state index in [0.717, 1.165) is 10.5 Å². The SMILES string of the molecule is CCOc1cc(/C=C2/NC(=O)N(CC(=O)Nc3cccc(C)c3)C2=O)cc(I)c1OCc1cccc([N+](=O)[O-])c1. The maximum absolute atomic E-state index is 12.9. The fourth-order valence-electron chi connectivity index (χ4n) is 3.94. The molecule has 1 fully saturated rings. The summed E-state index contributed by atoms with van der Waals surface area (Å²) < 4.78 is 12.4. The van der Waals surface area contributed by atoms with Crippen molar-refractivity contribution in [1.82, 2.24) is 10.2 Å². The summed E-state index contributed by atoms with van der Waals surface area (Å²) in [6.07, 6.45) is 1.49. The number of urea groups is 1. The quantitative estimate of drug-likeness (QED) is 0.103. The number of carbonyl (C=O) groups excluding carboxylic acids is 3. The predicted octanol–water partition coefficient (Wildman–Crippen LogP) is 5.02. The standard InChI is InChI=1S/C28H25IN4O7/c1-3-39-24-14-19(12-22(29)26(24)40-16-18-7-5-9-21(11-18)33(37)38)13-23-27(35)32(28(36)31-23)15-25(34)30-20-8-4-6-17(2)10-20/h4-14H,3,15-16H2,1-2H3,(H,30,34)(H,31,36)/b23-13+. The Hall–Kier alpha value is -4.46. The molecule has 0 saturated carbocycles. The highest BCUT2D eigenvalue weighted by molar-refractivity contribution is 14.1. The van der Waals surface area contributed by atoms with Crippen molar-refractivity contribution in [3.63, 3.8) is 0 Å². The lowest BCUT2D eigenvalue weighted by molar-refractivity contribution is -0.384. The molecule has 0 aliphatic carbocycles. The first-order chi connectivity index (χ1) is 19.1. The predicted molar refractivity (Wildman–Crippen MR) is 156 cm³/mol. The van der Waals surface area contributed by atoms with E-state index in [2.05, 4.69) is 33.2 Å². The highest BCUT2D eigenvalue weighted by Gasteiger charge is 2.35. The van der Waals surface area contributed by atoms with Crippen molar-refractivity contribution in [2.45, 2.75) is 20.5 Å². The zero-order valence-corrected chi connectivity index (χ0v) is 23.8. The third-order valence-electron chi connectivity index (χ3n) is 5.71. The Labute approximate surface area is 243 Å². The average Bonchev–Trinajstić information content (AvgIpc) is 3.15. The van der Waals surface area contributed by atoms with Crippen molar-refractivity contribution in [2.75, 3.05) is 18.5 Å². The van der Waals surface area contributed by atoms with E-state index in [-0.39, 0.29) is 18.0 Å². The third-order valence-corrected chi connectivity index (χ3v) is 6.51. The van der Waals surface area contributed by atoms with E-state index in [0.29, 0.717) is 38.5 Å². The molecule has 3 aromatic carbocycles. The normalized spacial score (nSPS) is 13.8. The number of carbonyl (C=O) groups is 3. The number of non-ortho nitro benzene ring substituents is 1. The van der Waals surface area contributed by atoms with E-state index >= 15 is 0 Å². The molecular weight excluding hydrogens is 631 g/mol. The molecule has 4 rings (SSSR count). The van der Waals surface area contributed by atoms with Gasteiger partial charge in [-0.15, -0.1) is 0 Å². The van der Waals surface area contributed by atoms with Crippen molar-refractivity contribution in [2.24, 2.45) is 0 Å². The fourth-order valence-corrected chi connectivity index (χ4v) is 4.72. The van der Waals surface area contributed by atoms with Gasteiger partial charge < -0.3 is 20.1 Å². The van der Waals surface area contributed by atoms with Crippen LogP contribution in [0.5, 0.6) is 11.5 Å². The number of nitro benzene ring substituents is 1. The number of imide groups is 1. The van der Waals surface area contributed by atoms with Crippen LogP contribution in [0.15, 0.2) is 66.4 Å². The molecule has 1 saturated heterocycles. The van der Waals surface area contributed by atoms with Crippen molar-refractivity contribution >= 4 is 57.9 Å². The molecule has 206 valence electrons. The molecular formula is C28H25IN4O7. The van der Waals surface area contributed by atoms with Crippen LogP contribution in [0.1, 0.15) is 23.6 Å². The molecule has 12 heteroatoms. The van der Waals surface area contributed by atoms with Gasteiger partial charge in [-0.3, -0.25) is 19.7 Å². The Balaban J connectivity index is 1.49. The van der Waals surface area contributed by atoms with Crippen molar-refractivity contribution in [3.8, 4) is 11.5 Å². The van der Waals surface area contributed by atoms with Crippen LogP contribution in [-0.2, 0) is 16.2 Å². The van der Waals surface area contributed by atoms with Gasteiger partial charge in [-0.05, 0) is 83.5 Å². The Morgan fingerprint density at radius 3 is 2.62 bits per heavy atom. The molecule has 1 aliphatic rings. The molecule has 0 atom stereocenters. The molecule has 0 unspecified atom stereocenters. The maximum Gasteiger partial charge on any atom is 0.329 e. The van der Waals surface area contributed by atoms with Crippen LogP contribution in [0.25, 0.3) is 6.08 Å². The van der Waals surface area contributed by atoms with E-state index in [1.165, 1.54) is 18.2 Å². The minimum atomic E-state index is -0.702. The van der Waals surface area contributed by atoms with Crippen LogP contribution in [-0.4, -0.2) is 40.8 Å². The first-order valence-electron chi connectivity index (χ1n) is 12.2. The molecule has 0 spiro atoms. The highest BCUT2D eigenvalue weighted by Crippen LogP contribution is 2.36. The summed E-state index contributed by atoms with van der Waals surface area (Å²) in [5.74, 6) is -0.303. The number of nitrogens with one attached hydrogen (secondary N) is 2. The highest BCUT2D eigenvalue weighted by atomic mass is 127. The second-order valence-electron chi connectivity index (χ2n) is 8.78. The van der Waals surface area contributed by atoms with Gasteiger partial charge in [0.05, 0.1) is 15.1 Å². The topological polar surface area (TPSA) is 140 Å². The van der Waals surface area contributed by atoms with Gasteiger partial charge in [-0.25, -0.2) is 9.69 Å². The fraction of sp³-hybridized carbons (Fsp3) is 0.179. The van der Waals surface area contributed by atoms with E-state index in [9.17, 15) is 24.5 Å². The van der Waals surface area contributed by atoms with Crippen LogP contribution in [0.4, 0.5) is 16.2 Å². The number of ether oxygens (including phenoxy) is 2. The Bertz CT molecular complexity index is 1520. The number of amides is 4. The van der Waals surface area contributed by atoms with Crippen LogP contribution < -0.4 is 20.1 Å². The molecule has 1 heterocycles. The maximum atomic E-state index is 12.9. The number of hydrogen-bond acceptors (Lipinski definition) is 7. The van der Waals surface area contributed by atoms with E-state index in [1.54, 1.807) is 42.5 Å². The molecule has 0 bridgehead atoms. The first kappa shape index (κ1) is 28.5. The summed E-state index contributed by atoms with van der Waals surface area (Å²) in [5, 5.41) is 16.3. The number of nitrogens with zero attached hydrogens (tertiary/aromatic N) is 2. The average molecular weight is 656 g/mol. The Morgan fingerprint density at radius 2 is 1.90 bits per heavy atom. The smallest absolute Gasteiger partial charge is 0.329 e. The lowest BCUT2D eigenvalue weighted by Crippen LogP contribution is -2.38. The molecule has 3 aromatic rings. The summed E-state index contributed by atoms with van der Waals surface area (Å²) in [6, 6.07) is 16.0. The van der Waals surface area contributed by atoms with E-state index in [1.807, 2.05) is 19.9 Å². The summed E-state index contributed by atoms with van der Waals surface area (Å²) in [4.78, 5) is 49.4. The number of rotatable bonds is 10. The van der Waals surface area contributed by atoms with Gasteiger partial charge in [0, 0.05) is 17.8 Å². The van der Waals surface area contributed by atoms with Gasteiger partial charge in [-0.1, -0.05) is 24.3 Å². The Morgan fingerprint density at radius 1 is 1.12 bits per heavy atom. The first-order valence-corrected chi connectivity index (χ1v) is 13.3. The van der Waals surface area contributed by atoms with Crippen LogP contribution in [0.2, 0.25) is 0 Å². The van der Waals surface area contributed by atoms with Crippen molar-refractivity contribution < 1.29 is 28.8 Å². The van der Waals surface area contributed by atoms with Crippen LogP contribution in [0, 0.1) is 20.6 Å². The zero-order chi connectivity index (χ0) is 28.8. The molecule has 0 aromatic heterocycles. The van der Waals surface area contributed by atoms with Crippen molar-refractivity contribution in [3.05, 3.63) is 96.7 Å². The Kier molecular flexibility index (Phi) is 8.99. The van der Waals surface area contributed by atoms with Gasteiger partial charge in [0.25, 0.3) is 11.6 Å². The van der Waals surface area contributed by atoms with Gasteiger partial charge in [-0.2, -0.15) is 0 Å². The van der Waals surface area contributed by atoms with E-state index in [4.69, 9.17) is 9.47 Å². The summed E-state index contributed by atoms with van der Waals surface area (Å²) in [7, 11) is 0. The number of halogens is 1. The van der Waals surface area contributed by atoms with Gasteiger partial charge in [0.15, 0.2) is 11.5 Å². The lowest BCUT2D eigenvalue weighted by Gasteiger charge is -2.15. The second-order valence-corrected chi connectivity index (χ2v) is 9.94. The number of hydrogen-bond donors (Lipinski definition) is 2. The molecule has 40 heavy (non-hydrogen) atoms. The lowest BCUT2D eigenvalue weighted by atomic mass is 10.1. The summed E-state index contributed by atoms with van der Waals surface area (Å²) in [6.45, 7) is 3.66. The number of nitro groups is 1. The second kappa shape index (κ2) is 12.6. The van der Waals surface area contributed by atoms with E-state index < -0.39 is 29.3 Å². The van der Waals surface area contributed by atoms with Gasteiger partial charge in [0.1, 0.15) is 18.8 Å². The zero-order valence-electron chi connectivity index (χ0n) is 21.6. The van der Waals surface area contributed by atoms with Gasteiger partial charge in [0.2, 0.25) is 5.91 Å².